The molecule has 0 saturated heterocycles. The standard InChI is InChI=1S/C62H41NO/c1-2-15-47-39-51(34-31-42(47)13-1)49-18-9-17-48(40-49)50-19-10-20-53(41-50)63(60-27-7-5-22-56(60)58-25-12-26-59-57-23-6-8-28-61(57)64-62(58)59)52-37-35-44(36-38-52)43-29-32-46(33-30-43)55-24-11-16-45-14-3-4-21-54(45)55/h1-41H. The summed E-state index contributed by atoms with van der Waals surface area (Å²) >= 11 is 0. The second-order valence-electron chi connectivity index (χ2n) is 16.5. The average molecular weight is 816 g/mol. The predicted octanol–water partition coefficient (Wildman–Crippen LogP) is 17.7. The number of hydrogen-bond acceptors (Lipinski definition) is 2. The molecule has 0 unspecified atom stereocenters. The Balaban J connectivity index is 0.963. The minimum Gasteiger partial charge on any atom is -0.455 e. The Morgan fingerprint density at radius 3 is 1.62 bits per heavy atom. The molecule has 2 heteroatoms. The molecule has 0 saturated carbocycles. The first kappa shape index (κ1) is 37.3. The number of nitrogens with zero attached hydrogens (tertiary/aromatic N) is 1. The largest absolute Gasteiger partial charge is 0.455 e. The molecule has 11 aromatic carbocycles. The molecule has 1 heterocycles. The zero-order chi connectivity index (χ0) is 42.4. The molecule has 0 spiro atoms. The highest BCUT2D eigenvalue weighted by molar-refractivity contribution is 6.11. The summed E-state index contributed by atoms with van der Waals surface area (Å²) in [5, 5.41) is 7.23. The number of fused-ring (bicyclic) bond motifs is 5. The number of anilines is 3. The average Bonchev–Trinajstić information content (AvgIpc) is 3.76. The van der Waals surface area contributed by atoms with Gasteiger partial charge in [0.1, 0.15) is 11.2 Å². The molecule has 0 aliphatic rings. The third kappa shape index (κ3) is 6.70. The number of benzene rings is 11. The minimum absolute atomic E-state index is 0.887. The predicted molar refractivity (Wildman–Crippen MR) is 271 cm³/mol. The van der Waals surface area contributed by atoms with Crippen LogP contribution < -0.4 is 4.90 Å². The van der Waals surface area contributed by atoms with E-state index in [1.54, 1.807) is 0 Å². The molecule has 0 aliphatic carbocycles. The summed E-state index contributed by atoms with van der Waals surface area (Å²) in [5.74, 6) is 0. The van der Waals surface area contributed by atoms with Gasteiger partial charge in [0.2, 0.25) is 0 Å². The Hall–Kier alpha value is -8.46. The van der Waals surface area contributed by atoms with Crippen molar-refractivity contribution in [3.8, 4) is 55.6 Å². The zero-order valence-electron chi connectivity index (χ0n) is 35.0. The second-order valence-corrected chi connectivity index (χ2v) is 16.5. The van der Waals surface area contributed by atoms with Gasteiger partial charge >= 0.3 is 0 Å². The molecule has 0 N–H and O–H groups in total. The molecule has 12 rings (SSSR count). The third-order valence-corrected chi connectivity index (χ3v) is 12.7. The van der Waals surface area contributed by atoms with E-state index >= 15 is 0 Å². The first-order valence-corrected chi connectivity index (χ1v) is 21.9. The summed E-state index contributed by atoms with van der Waals surface area (Å²) in [6, 6.07) is 89.7. The molecule has 64 heavy (non-hydrogen) atoms. The van der Waals surface area contributed by atoms with Crippen LogP contribution in [0.3, 0.4) is 0 Å². The maximum absolute atomic E-state index is 6.64. The molecular weight excluding hydrogens is 775 g/mol. The Morgan fingerprint density at radius 1 is 0.266 bits per heavy atom. The van der Waals surface area contributed by atoms with E-state index in [4.69, 9.17) is 4.42 Å². The van der Waals surface area contributed by atoms with Crippen LogP contribution in [-0.2, 0) is 0 Å². The first-order chi connectivity index (χ1) is 31.7. The third-order valence-electron chi connectivity index (χ3n) is 12.7. The van der Waals surface area contributed by atoms with Crippen LogP contribution in [0.5, 0.6) is 0 Å². The van der Waals surface area contributed by atoms with Crippen LogP contribution in [0.15, 0.2) is 253 Å². The van der Waals surface area contributed by atoms with Gasteiger partial charge in [-0.1, -0.05) is 200 Å². The Labute approximate surface area is 372 Å². The molecule has 1 aromatic heterocycles. The van der Waals surface area contributed by atoms with Crippen LogP contribution in [0.25, 0.3) is 99.1 Å². The Bertz CT molecular complexity index is 3670. The lowest BCUT2D eigenvalue weighted by Gasteiger charge is -2.28. The van der Waals surface area contributed by atoms with Crippen LogP contribution in [-0.4, -0.2) is 0 Å². The van der Waals surface area contributed by atoms with Crippen molar-refractivity contribution in [1.29, 1.82) is 0 Å². The Kier molecular flexibility index (Phi) is 9.20. The number of para-hydroxylation sites is 3. The summed E-state index contributed by atoms with van der Waals surface area (Å²) in [6.45, 7) is 0. The fourth-order valence-corrected chi connectivity index (χ4v) is 9.48. The molecule has 0 fully saturated rings. The van der Waals surface area contributed by atoms with Gasteiger partial charge < -0.3 is 9.32 Å². The van der Waals surface area contributed by atoms with Gasteiger partial charge in [-0.15, -0.1) is 0 Å². The van der Waals surface area contributed by atoms with Crippen molar-refractivity contribution in [2.45, 2.75) is 0 Å². The summed E-state index contributed by atoms with van der Waals surface area (Å²) in [5.41, 5.74) is 16.6. The van der Waals surface area contributed by atoms with Crippen LogP contribution >= 0.6 is 0 Å². The van der Waals surface area contributed by atoms with Crippen LogP contribution in [0.2, 0.25) is 0 Å². The number of hydrogen-bond donors (Lipinski definition) is 0. The summed E-state index contributed by atoms with van der Waals surface area (Å²) < 4.78 is 6.64. The van der Waals surface area contributed by atoms with Gasteiger partial charge in [-0.3, -0.25) is 0 Å². The van der Waals surface area contributed by atoms with E-state index in [0.29, 0.717) is 0 Å². The maximum Gasteiger partial charge on any atom is 0.143 e. The summed E-state index contributed by atoms with van der Waals surface area (Å²) in [4.78, 5) is 2.39. The Morgan fingerprint density at radius 2 is 0.797 bits per heavy atom. The lowest BCUT2D eigenvalue weighted by molar-refractivity contribution is 0.670. The highest BCUT2D eigenvalue weighted by atomic mass is 16.3. The quantitative estimate of drug-likeness (QED) is 0.152. The molecular formula is C62H41NO. The van der Waals surface area contributed by atoms with E-state index < -0.39 is 0 Å². The zero-order valence-corrected chi connectivity index (χ0v) is 35.0. The number of rotatable bonds is 8. The van der Waals surface area contributed by atoms with E-state index in [2.05, 4.69) is 248 Å². The fraction of sp³-hybridized carbons (Fsp3) is 0. The topological polar surface area (TPSA) is 16.4 Å². The van der Waals surface area contributed by atoms with Crippen molar-refractivity contribution < 1.29 is 4.42 Å². The molecule has 300 valence electrons. The maximum atomic E-state index is 6.64. The van der Waals surface area contributed by atoms with E-state index in [9.17, 15) is 0 Å². The smallest absolute Gasteiger partial charge is 0.143 e. The SMILES string of the molecule is c1cc(-c2cccc(N(c3ccc(-c4ccc(-c5cccc6ccccc56)cc4)cc3)c3ccccc3-c3cccc4c3oc3ccccc34)c2)cc(-c2ccc3ccccc3c2)c1. The van der Waals surface area contributed by atoms with E-state index in [1.165, 1.54) is 49.4 Å². The van der Waals surface area contributed by atoms with Crippen LogP contribution in [0, 0.1) is 0 Å². The van der Waals surface area contributed by atoms with E-state index in [1.807, 2.05) is 6.07 Å². The summed E-state index contributed by atoms with van der Waals surface area (Å²) in [7, 11) is 0. The van der Waals surface area contributed by atoms with E-state index in [-0.39, 0.29) is 0 Å². The molecule has 12 aromatic rings. The highest BCUT2D eigenvalue weighted by Crippen LogP contribution is 2.45. The van der Waals surface area contributed by atoms with Gasteiger partial charge in [-0.05, 0) is 115 Å². The van der Waals surface area contributed by atoms with Gasteiger partial charge in [0, 0.05) is 33.3 Å². The lowest BCUT2D eigenvalue weighted by atomic mass is 9.96. The van der Waals surface area contributed by atoms with Crippen molar-refractivity contribution >= 4 is 60.5 Å². The molecule has 0 amide bonds. The molecule has 0 aliphatic heterocycles. The highest BCUT2D eigenvalue weighted by Gasteiger charge is 2.21. The van der Waals surface area contributed by atoms with Gasteiger partial charge in [0.25, 0.3) is 0 Å². The van der Waals surface area contributed by atoms with Crippen molar-refractivity contribution in [2.24, 2.45) is 0 Å². The fourth-order valence-electron chi connectivity index (χ4n) is 9.48. The van der Waals surface area contributed by atoms with Crippen molar-refractivity contribution in [2.75, 3.05) is 4.90 Å². The lowest BCUT2D eigenvalue weighted by Crippen LogP contribution is -2.11. The second kappa shape index (κ2) is 15.8. The normalized spacial score (nSPS) is 11.4. The van der Waals surface area contributed by atoms with Gasteiger partial charge in [-0.25, -0.2) is 0 Å². The first-order valence-electron chi connectivity index (χ1n) is 21.9. The van der Waals surface area contributed by atoms with Crippen LogP contribution in [0.4, 0.5) is 17.1 Å². The molecule has 2 nitrogen and oxygen atoms in total. The summed E-state index contributed by atoms with van der Waals surface area (Å²) in [6.07, 6.45) is 0. The number of furan rings is 1. The van der Waals surface area contributed by atoms with Gasteiger partial charge in [0.15, 0.2) is 0 Å². The van der Waals surface area contributed by atoms with Gasteiger partial charge in [0.05, 0.1) is 5.69 Å². The van der Waals surface area contributed by atoms with Crippen molar-refractivity contribution in [1.82, 2.24) is 0 Å². The van der Waals surface area contributed by atoms with Crippen molar-refractivity contribution in [3.63, 3.8) is 0 Å². The van der Waals surface area contributed by atoms with Gasteiger partial charge in [-0.2, -0.15) is 0 Å². The van der Waals surface area contributed by atoms with Crippen LogP contribution in [0.1, 0.15) is 0 Å². The molecule has 0 bridgehead atoms. The molecule has 0 atom stereocenters. The monoisotopic (exact) mass is 815 g/mol. The molecule has 0 radical (unpaired) electrons. The van der Waals surface area contributed by atoms with Crippen molar-refractivity contribution in [3.05, 3.63) is 249 Å². The minimum atomic E-state index is 0.887. The van der Waals surface area contributed by atoms with E-state index in [0.717, 1.165) is 66.8 Å².